The van der Waals surface area contributed by atoms with Crippen molar-refractivity contribution in [1.82, 2.24) is 0 Å². The molecule has 3 nitrogen and oxygen atoms in total. The zero-order valence-corrected chi connectivity index (χ0v) is 11.4. The molecule has 1 aromatic rings. The lowest BCUT2D eigenvalue weighted by molar-refractivity contribution is -0.142. The first-order valence-electron chi connectivity index (χ1n) is 6.81. The Hall–Kier alpha value is -1.65. The third-order valence-electron chi connectivity index (χ3n) is 4.02. The average Bonchev–Trinajstić information content (AvgIpc) is 2.67. The standard InChI is InChI=1S/C15H18F2O3/c1-20-14-10(7-8-12(16)13(14)17)9-5-3-2-4-6-11(9)15(18)19/h7-9,11H,2-6H2,1H3,(H,18,19). The van der Waals surface area contributed by atoms with Crippen LogP contribution in [0.3, 0.4) is 0 Å². The Labute approximate surface area is 116 Å². The van der Waals surface area contributed by atoms with Crippen LogP contribution in [-0.2, 0) is 4.79 Å². The van der Waals surface area contributed by atoms with E-state index in [9.17, 15) is 18.7 Å². The minimum absolute atomic E-state index is 0.164. The summed E-state index contributed by atoms with van der Waals surface area (Å²) in [6.45, 7) is 0. The van der Waals surface area contributed by atoms with Crippen LogP contribution in [0, 0.1) is 17.6 Å². The Balaban J connectivity index is 2.46. The van der Waals surface area contributed by atoms with Gasteiger partial charge in [0, 0.05) is 11.5 Å². The number of ether oxygens (including phenoxy) is 1. The Bertz CT molecular complexity index is 502. The summed E-state index contributed by atoms with van der Waals surface area (Å²) in [4.78, 5) is 11.4. The van der Waals surface area contributed by atoms with E-state index in [2.05, 4.69) is 0 Å². The molecule has 1 N–H and O–H groups in total. The van der Waals surface area contributed by atoms with Crippen molar-refractivity contribution in [2.75, 3.05) is 7.11 Å². The molecule has 5 heteroatoms. The minimum atomic E-state index is -1.04. The van der Waals surface area contributed by atoms with E-state index >= 15 is 0 Å². The monoisotopic (exact) mass is 284 g/mol. The van der Waals surface area contributed by atoms with E-state index in [1.807, 2.05) is 0 Å². The first-order valence-corrected chi connectivity index (χ1v) is 6.81. The summed E-state index contributed by atoms with van der Waals surface area (Å²) in [7, 11) is 1.27. The Morgan fingerprint density at radius 1 is 1.25 bits per heavy atom. The van der Waals surface area contributed by atoms with Crippen LogP contribution in [0.2, 0.25) is 0 Å². The second-order valence-corrected chi connectivity index (χ2v) is 5.17. The molecule has 2 atom stereocenters. The molecular weight excluding hydrogens is 266 g/mol. The van der Waals surface area contributed by atoms with Crippen LogP contribution >= 0.6 is 0 Å². The smallest absolute Gasteiger partial charge is 0.307 e. The first kappa shape index (κ1) is 14.8. The topological polar surface area (TPSA) is 46.5 Å². The predicted octanol–water partition coefficient (Wildman–Crippen LogP) is 3.72. The largest absolute Gasteiger partial charge is 0.493 e. The highest BCUT2D eigenvalue weighted by atomic mass is 19.2. The van der Waals surface area contributed by atoms with Gasteiger partial charge < -0.3 is 9.84 Å². The summed E-state index contributed by atoms with van der Waals surface area (Å²) in [5.74, 6) is -3.98. The highest BCUT2D eigenvalue weighted by molar-refractivity contribution is 5.71. The van der Waals surface area contributed by atoms with Crippen molar-refractivity contribution in [3.8, 4) is 5.75 Å². The maximum atomic E-state index is 13.8. The highest BCUT2D eigenvalue weighted by Crippen LogP contribution is 2.41. The lowest BCUT2D eigenvalue weighted by atomic mass is 9.82. The number of carboxylic acid groups (broad SMARTS) is 1. The van der Waals surface area contributed by atoms with Crippen LogP contribution in [0.15, 0.2) is 12.1 Å². The van der Waals surface area contributed by atoms with Crippen LogP contribution in [0.4, 0.5) is 8.78 Å². The number of halogens is 2. The normalized spacial score (nSPS) is 23.1. The molecule has 0 heterocycles. The predicted molar refractivity (Wildman–Crippen MR) is 69.9 cm³/mol. The number of aliphatic carboxylic acids is 1. The zero-order valence-electron chi connectivity index (χ0n) is 11.4. The van der Waals surface area contributed by atoms with Gasteiger partial charge in [0.25, 0.3) is 0 Å². The van der Waals surface area contributed by atoms with Gasteiger partial charge in [-0.3, -0.25) is 4.79 Å². The van der Waals surface area contributed by atoms with Crippen LogP contribution in [-0.4, -0.2) is 18.2 Å². The second-order valence-electron chi connectivity index (χ2n) is 5.17. The van der Waals surface area contributed by atoms with Crippen LogP contribution < -0.4 is 4.74 Å². The summed E-state index contributed by atoms with van der Waals surface area (Å²) < 4.78 is 32.0. The van der Waals surface area contributed by atoms with Gasteiger partial charge in [-0.1, -0.05) is 25.3 Å². The van der Waals surface area contributed by atoms with Crippen molar-refractivity contribution >= 4 is 5.97 Å². The van der Waals surface area contributed by atoms with E-state index in [4.69, 9.17) is 4.74 Å². The van der Waals surface area contributed by atoms with E-state index < -0.39 is 23.5 Å². The molecule has 20 heavy (non-hydrogen) atoms. The van der Waals surface area contributed by atoms with Crippen molar-refractivity contribution in [1.29, 1.82) is 0 Å². The van der Waals surface area contributed by atoms with E-state index in [-0.39, 0.29) is 11.7 Å². The molecule has 0 amide bonds. The van der Waals surface area contributed by atoms with Gasteiger partial charge in [0.05, 0.1) is 13.0 Å². The van der Waals surface area contributed by atoms with Crippen molar-refractivity contribution in [3.63, 3.8) is 0 Å². The zero-order chi connectivity index (χ0) is 14.7. The molecule has 0 aromatic heterocycles. The third-order valence-corrected chi connectivity index (χ3v) is 4.02. The summed E-state index contributed by atoms with van der Waals surface area (Å²) >= 11 is 0. The number of hydrogen-bond acceptors (Lipinski definition) is 2. The molecule has 1 aromatic carbocycles. The van der Waals surface area contributed by atoms with Crippen LogP contribution in [0.5, 0.6) is 5.75 Å². The fraction of sp³-hybridized carbons (Fsp3) is 0.533. The molecule has 0 spiro atoms. The summed E-state index contributed by atoms with van der Waals surface area (Å²) in [6, 6.07) is 2.49. The molecule has 0 saturated heterocycles. The molecule has 1 aliphatic carbocycles. The molecule has 1 aliphatic rings. The molecule has 0 aliphatic heterocycles. The van der Waals surface area contributed by atoms with Crippen LogP contribution in [0.25, 0.3) is 0 Å². The van der Waals surface area contributed by atoms with Crippen molar-refractivity contribution in [2.24, 2.45) is 5.92 Å². The van der Waals surface area contributed by atoms with Crippen molar-refractivity contribution in [3.05, 3.63) is 29.3 Å². The van der Waals surface area contributed by atoms with Gasteiger partial charge >= 0.3 is 5.97 Å². The third kappa shape index (κ3) is 2.76. The van der Waals surface area contributed by atoms with Crippen LogP contribution in [0.1, 0.15) is 43.6 Å². The van der Waals surface area contributed by atoms with E-state index in [1.54, 1.807) is 0 Å². The maximum Gasteiger partial charge on any atom is 0.307 e. The van der Waals surface area contributed by atoms with Crippen molar-refractivity contribution < 1.29 is 23.4 Å². The van der Waals surface area contributed by atoms with E-state index in [1.165, 1.54) is 13.2 Å². The van der Waals surface area contributed by atoms with Gasteiger partial charge in [-0.05, 0) is 18.9 Å². The number of carbonyl (C=O) groups is 1. The number of methoxy groups -OCH3 is 1. The number of rotatable bonds is 3. The molecule has 2 rings (SSSR count). The van der Waals surface area contributed by atoms with Gasteiger partial charge in [-0.25, -0.2) is 4.39 Å². The number of benzene rings is 1. The Morgan fingerprint density at radius 3 is 2.60 bits per heavy atom. The van der Waals surface area contributed by atoms with Gasteiger partial charge in [-0.15, -0.1) is 0 Å². The first-order chi connectivity index (χ1) is 9.56. The number of hydrogen-bond donors (Lipinski definition) is 1. The van der Waals surface area contributed by atoms with Crippen molar-refractivity contribution in [2.45, 2.75) is 38.0 Å². The Kier molecular flexibility index (Phi) is 4.57. The molecule has 0 radical (unpaired) electrons. The lowest BCUT2D eigenvalue weighted by Gasteiger charge is -2.24. The molecular formula is C15H18F2O3. The Morgan fingerprint density at radius 2 is 1.95 bits per heavy atom. The average molecular weight is 284 g/mol. The SMILES string of the molecule is COc1c(C2CCCCCC2C(=O)O)ccc(F)c1F. The molecule has 2 unspecified atom stereocenters. The fourth-order valence-corrected chi connectivity index (χ4v) is 3.02. The summed E-state index contributed by atoms with van der Waals surface area (Å²) in [5, 5.41) is 9.37. The molecule has 0 bridgehead atoms. The molecule has 110 valence electrons. The van der Waals surface area contributed by atoms with E-state index in [0.29, 0.717) is 18.4 Å². The maximum absolute atomic E-state index is 13.8. The van der Waals surface area contributed by atoms with Gasteiger partial charge in [0.15, 0.2) is 11.6 Å². The number of carboxylic acids is 1. The van der Waals surface area contributed by atoms with Gasteiger partial charge in [-0.2, -0.15) is 4.39 Å². The minimum Gasteiger partial charge on any atom is -0.493 e. The van der Waals surface area contributed by atoms with Gasteiger partial charge in [0.1, 0.15) is 0 Å². The quantitative estimate of drug-likeness (QED) is 0.860. The van der Waals surface area contributed by atoms with E-state index in [0.717, 1.165) is 25.3 Å². The fourth-order valence-electron chi connectivity index (χ4n) is 3.02. The summed E-state index contributed by atoms with van der Waals surface area (Å²) in [6.07, 6.45) is 3.91. The lowest BCUT2D eigenvalue weighted by Crippen LogP contribution is -2.22. The van der Waals surface area contributed by atoms with Gasteiger partial charge in [0.2, 0.25) is 5.82 Å². The highest BCUT2D eigenvalue weighted by Gasteiger charge is 2.33. The molecule has 1 saturated carbocycles. The summed E-state index contributed by atoms with van der Waals surface area (Å²) in [5.41, 5.74) is 0.459. The molecule has 1 fully saturated rings. The second kappa shape index (κ2) is 6.20.